The van der Waals surface area contributed by atoms with E-state index in [2.05, 4.69) is 21.2 Å². The van der Waals surface area contributed by atoms with Gasteiger partial charge in [-0.1, -0.05) is 0 Å². The Labute approximate surface area is 139 Å². The highest BCUT2D eigenvalue weighted by Gasteiger charge is 2.31. The van der Waals surface area contributed by atoms with Crippen molar-refractivity contribution in [2.75, 3.05) is 20.2 Å². The molecule has 2 unspecified atom stereocenters. The molecule has 1 aromatic carbocycles. The minimum Gasteiger partial charge on any atom is -0.496 e. The third kappa shape index (κ3) is 3.52. The third-order valence-electron chi connectivity index (χ3n) is 4.21. The van der Waals surface area contributed by atoms with Crippen molar-refractivity contribution in [3.8, 4) is 5.75 Å². The Morgan fingerprint density at radius 1 is 1.33 bits per heavy atom. The molecule has 0 saturated carbocycles. The molecule has 2 aliphatic rings. The number of carbonyl (C=O) groups is 1. The second kappa shape index (κ2) is 6.99. The number of amides is 1. The van der Waals surface area contributed by atoms with E-state index >= 15 is 0 Å². The molecule has 1 amide bonds. The highest BCUT2D eigenvalue weighted by atomic mass is 79.9. The summed E-state index contributed by atoms with van der Waals surface area (Å²) in [5.74, 6) is 0.862. The van der Waals surface area contributed by atoms with Gasteiger partial charge in [-0.2, -0.15) is 0 Å². The van der Waals surface area contributed by atoms with Gasteiger partial charge in [0, 0.05) is 30.7 Å². The maximum Gasteiger partial charge on any atom is 0.253 e. The molecule has 0 aromatic heterocycles. The number of ether oxygens (including phenoxy) is 1. The summed E-state index contributed by atoms with van der Waals surface area (Å²) in [6, 6.07) is 6.58. The summed E-state index contributed by atoms with van der Waals surface area (Å²) in [4.78, 5) is 14.6. The van der Waals surface area contributed by atoms with Crippen molar-refractivity contribution in [2.45, 2.75) is 31.3 Å². The van der Waals surface area contributed by atoms with E-state index in [9.17, 15) is 4.79 Å². The van der Waals surface area contributed by atoms with Crippen LogP contribution in [-0.4, -0.2) is 43.1 Å². The van der Waals surface area contributed by atoms with Crippen molar-refractivity contribution < 1.29 is 9.53 Å². The van der Waals surface area contributed by atoms with Crippen LogP contribution in [0.1, 0.15) is 29.6 Å². The number of halogens is 2. The number of nitrogens with one attached hydrogen (secondary N) is 1. The highest BCUT2D eigenvalue weighted by molar-refractivity contribution is 9.10. The Hall–Kier alpha value is -0.780. The molecule has 6 heteroatoms. The molecule has 1 aromatic rings. The van der Waals surface area contributed by atoms with Crippen LogP contribution in [0.25, 0.3) is 0 Å². The van der Waals surface area contributed by atoms with Crippen LogP contribution >= 0.6 is 28.3 Å². The average molecular weight is 376 g/mol. The maximum absolute atomic E-state index is 12.6. The van der Waals surface area contributed by atoms with E-state index in [1.165, 1.54) is 12.8 Å². The molecule has 2 heterocycles. The summed E-state index contributed by atoms with van der Waals surface area (Å²) >= 11 is 3.44. The van der Waals surface area contributed by atoms with E-state index in [-0.39, 0.29) is 18.3 Å². The van der Waals surface area contributed by atoms with Crippen LogP contribution in [-0.2, 0) is 0 Å². The first kappa shape index (κ1) is 16.6. The van der Waals surface area contributed by atoms with E-state index in [0.717, 1.165) is 35.3 Å². The van der Waals surface area contributed by atoms with Crippen molar-refractivity contribution in [1.82, 2.24) is 10.2 Å². The summed E-state index contributed by atoms with van der Waals surface area (Å²) < 4.78 is 6.02. The monoisotopic (exact) mass is 374 g/mol. The summed E-state index contributed by atoms with van der Waals surface area (Å²) in [6.45, 7) is 1.66. The molecule has 2 bridgehead atoms. The molecule has 3 rings (SSSR count). The molecular weight excluding hydrogens is 356 g/mol. The zero-order chi connectivity index (χ0) is 14.1. The summed E-state index contributed by atoms with van der Waals surface area (Å²) in [5.41, 5.74) is 0.718. The average Bonchev–Trinajstić information content (AvgIpc) is 2.77. The predicted molar refractivity (Wildman–Crippen MR) is 88.4 cm³/mol. The van der Waals surface area contributed by atoms with Crippen LogP contribution in [0.3, 0.4) is 0 Å². The number of hydrogen-bond donors (Lipinski definition) is 1. The van der Waals surface area contributed by atoms with Crippen LogP contribution in [0, 0.1) is 0 Å². The maximum atomic E-state index is 12.6. The Kier molecular flexibility index (Phi) is 5.52. The molecule has 2 saturated heterocycles. The van der Waals surface area contributed by atoms with Crippen LogP contribution in [0.15, 0.2) is 22.7 Å². The van der Waals surface area contributed by atoms with Crippen LogP contribution in [0.2, 0.25) is 0 Å². The Balaban J connectivity index is 0.00000161. The van der Waals surface area contributed by atoms with Gasteiger partial charge in [0.1, 0.15) is 5.75 Å². The van der Waals surface area contributed by atoms with E-state index in [1.54, 1.807) is 7.11 Å². The quantitative estimate of drug-likeness (QED) is 0.864. The van der Waals surface area contributed by atoms with Crippen molar-refractivity contribution in [2.24, 2.45) is 0 Å². The van der Waals surface area contributed by atoms with Gasteiger partial charge in [0.05, 0.1) is 11.6 Å². The number of carbonyl (C=O) groups excluding carboxylic acids is 1. The molecule has 4 nitrogen and oxygen atoms in total. The third-order valence-corrected chi connectivity index (χ3v) is 4.83. The fraction of sp³-hybridized carbons (Fsp3) is 0.533. The van der Waals surface area contributed by atoms with Gasteiger partial charge in [-0.05, 0) is 53.4 Å². The minimum absolute atomic E-state index is 0. The summed E-state index contributed by atoms with van der Waals surface area (Å²) in [5, 5.41) is 3.60. The first-order valence-corrected chi connectivity index (χ1v) is 7.85. The highest BCUT2D eigenvalue weighted by Crippen LogP contribution is 2.27. The number of nitrogens with zero attached hydrogens (tertiary/aromatic N) is 1. The van der Waals surface area contributed by atoms with E-state index in [4.69, 9.17) is 4.74 Å². The fourth-order valence-electron chi connectivity index (χ4n) is 3.11. The smallest absolute Gasteiger partial charge is 0.253 e. The Morgan fingerprint density at radius 3 is 2.81 bits per heavy atom. The van der Waals surface area contributed by atoms with Gasteiger partial charge >= 0.3 is 0 Å². The largest absolute Gasteiger partial charge is 0.496 e. The zero-order valence-electron chi connectivity index (χ0n) is 12.0. The Bertz CT molecular complexity index is 526. The van der Waals surface area contributed by atoms with E-state index in [0.29, 0.717) is 12.1 Å². The molecule has 2 aliphatic heterocycles. The molecule has 2 fully saturated rings. The first-order valence-electron chi connectivity index (χ1n) is 7.06. The van der Waals surface area contributed by atoms with Gasteiger partial charge < -0.3 is 15.0 Å². The molecule has 2 atom stereocenters. The number of fused-ring (bicyclic) bond motifs is 2. The number of hydrogen-bond acceptors (Lipinski definition) is 3. The minimum atomic E-state index is 0. The molecule has 0 radical (unpaired) electrons. The molecular formula is C15H20BrClN2O2. The number of rotatable bonds is 2. The van der Waals surface area contributed by atoms with Gasteiger partial charge in [-0.15, -0.1) is 12.4 Å². The molecule has 116 valence electrons. The SMILES string of the molecule is COc1ccc(C(=O)N2CCC3CCC(C2)N3)cc1Br.Cl. The van der Waals surface area contributed by atoms with Crippen molar-refractivity contribution in [3.05, 3.63) is 28.2 Å². The first-order chi connectivity index (χ1) is 9.67. The lowest BCUT2D eigenvalue weighted by atomic mass is 10.1. The lowest BCUT2D eigenvalue weighted by Crippen LogP contribution is -2.39. The molecule has 21 heavy (non-hydrogen) atoms. The van der Waals surface area contributed by atoms with Crippen LogP contribution < -0.4 is 10.1 Å². The van der Waals surface area contributed by atoms with E-state index in [1.807, 2.05) is 23.1 Å². The standard InChI is InChI=1S/C15H19BrN2O2.ClH/c1-20-14-5-2-10(8-13(14)16)15(19)18-7-6-11-3-4-12(9-18)17-11;/h2,5,8,11-12,17H,3-4,6-7,9H2,1H3;1H. The van der Waals surface area contributed by atoms with Crippen molar-refractivity contribution >= 4 is 34.2 Å². The zero-order valence-corrected chi connectivity index (χ0v) is 14.4. The number of benzene rings is 1. The van der Waals surface area contributed by atoms with Gasteiger partial charge in [-0.25, -0.2) is 0 Å². The van der Waals surface area contributed by atoms with Gasteiger partial charge in [0.25, 0.3) is 5.91 Å². The topological polar surface area (TPSA) is 41.6 Å². The normalized spacial score (nSPS) is 24.2. The van der Waals surface area contributed by atoms with Gasteiger partial charge in [0.2, 0.25) is 0 Å². The summed E-state index contributed by atoms with van der Waals surface area (Å²) in [6.07, 6.45) is 3.49. The lowest BCUT2D eigenvalue weighted by molar-refractivity contribution is 0.0748. The summed E-state index contributed by atoms with van der Waals surface area (Å²) in [7, 11) is 1.62. The fourth-order valence-corrected chi connectivity index (χ4v) is 3.65. The second-order valence-corrected chi connectivity index (χ2v) is 6.38. The van der Waals surface area contributed by atoms with Crippen LogP contribution in [0.4, 0.5) is 0 Å². The van der Waals surface area contributed by atoms with Crippen LogP contribution in [0.5, 0.6) is 5.75 Å². The molecule has 0 aliphatic carbocycles. The van der Waals surface area contributed by atoms with Crippen molar-refractivity contribution in [3.63, 3.8) is 0 Å². The van der Waals surface area contributed by atoms with Gasteiger partial charge in [0.15, 0.2) is 0 Å². The molecule has 1 N–H and O–H groups in total. The predicted octanol–water partition coefficient (Wildman–Crippen LogP) is 2.85. The number of methoxy groups -OCH3 is 1. The molecule has 0 spiro atoms. The number of likely N-dealkylation sites (tertiary alicyclic amines) is 1. The van der Waals surface area contributed by atoms with Crippen molar-refractivity contribution in [1.29, 1.82) is 0 Å². The lowest BCUT2D eigenvalue weighted by Gasteiger charge is -2.24. The van der Waals surface area contributed by atoms with Gasteiger partial charge in [-0.3, -0.25) is 4.79 Å². The van der Waals surface area contributed by atoms with E-state index < -0.39 is 0 Å². The second-order valence-electron chi connectivity index (χ2n) is 5.53. The Morgan fingerprint density at radius 2 is 2.10 bits per heavy atom.